The van der Waals surface area contributed by atoms with E-state index in [0.29, 0.717) is 0 Å². The third-order valence-electron chi connectivity index (χ3n) is 1.000. The van der Waals surface area contributed by atoms with Gasteiger partial charge in [0.15, 0.2) is 0 Å². The van der Waals surface area contributed by atoms with Crippen molar-refractivity contribution in [2.45, 2.75) is 25.7 Å². The molecule has 0 aliphatic heterocycles. The van der Waals surface area contributed by atoms with Crippen LogP contribution in [-0.4, -0.2) is 0 Å². The van der Waals surface area contributed by atoms with Crippen molar-refractivity contribution in [2.75, 3.05) is 0 Å². The highest BCUT2D eigenvalue weighted by molar-refractivity contribution is 4.50. The van der Waals surface area contributed by atoms with Crippen molar-refractivity contribution in [1.82, 2.24) is 0 Å². The lowest BCUT2D eigenvalue weighted by molar-refractivity contribution is 0.504. The number of hydrogen-bond acceptors (Lipinski definition) is 0. The molecule has 0 saturated heterocycles. The van der Waals surface area contributed by atoms with E-state index in [1.54, 1.807) is 0 Å². The first-order valence-corrected chi connectivity index (χ1v) is 2.50. The van der Waals surface area contributed by atoms with E-state index in [9.17, 15) is 0 Å². The zero-order chi connectivity index (χ0) is 4.83. The van der Waals surface area contributed by atoms with Crippen molar-refractivity contribution in [2.24, 2.45) is 0 Å². The Balaban J connectivity index is 0.000000112. The summed E-state index contributed by atoms with van der Waals surface area (Å²) in [5, 5.41) is 0. The quantitative estimate of drug-likeness (QED) is 0.395. The van der Waals surface area contributed by atoms with Crippen molar-refractivity contribution in [3.05, 3.63) is 13.2 Å². The molecule has 0 nitrogen and oxygen atoms in total. The molecule has 0 heteroatoms. The van der Waals surface area contributed by atoms with Crippen LogP contribution in [-0.2, 0) is 0 Å². The van der Waals surface area contributed by atoms with Crippen LogP contribution >= 0.6 is 0 Å². The Hall–Kier alpha value is -0.260. The minimum absolute atomic E-state index is 1.50. The molecule has 0 aromatic carbocycles. The van der Waals surface area contributed by atoms with Gasteiger partial charge in [0, 0.05) is 0 Å². The monoisotopic (exact) mass is 84.1 g/mol. The molecule has 0 bridgehead atoms. The highest BCUT2D eigenvalue weighted by Gasteiger charge is 1.95. The molecule has 1 aliphatic carbocycles. The van der Waals surface area contributed by atoms with Crippen LogP contribution in [0, 0.1) is 0 Å². The van der Waals surface area contributed by atoms with Crippen LogP contribution in [0.1, 0.15) is 25.7 Å². The molecule has 0 heterocycles. The first-order chi connectivity index (χ1) is 3.00. The first-order valence-electron chi connectivity index (χ1n) is 2.50. The van der Waals surface area contributed by atoms with Gasteiger partial charge in [-0.25, -0.2) is 0 Å². The van der Waals surface area contributed by atoms with Gasteiger partial charge >= 0.3 is 0 Å². The van der Waals surface area contributed by atoms with Crippen molar-refractivity contribution < 1.29 is 0 Å². The lowest BCUT2D eigenvalue weighted by Crippen LogP contribution is -1.85. The maximum Gasteiger partial charge on any atom is -0.0533 e. The Morgan fingerprint density at radius 1 is 0.667 bits per heavy atom. The van der Waals surface area contributed by atoms with E-state index in [0.717, 1.165) is 0 Å². The smallest absolute Gasteiger partial charge is 0.0533 e. The summed E-state index contributed by atoms with van der Waals surface area (Å²) in [5.74, 6) is 0. The van der Waals surface area contributed by atoms with Gasteiger partial charge in [-0.15, -0.1) is 13.2 Å². The van der Waals surface area contributed by atoms with E-state index < -0.39 is 0 Å². The predicted octanol–water partition coefficient (Wildman–Crippen LogP) is 2.36. The Bertz CT molecular complexity index is 15.2. The van der Waals surface area contributed by atoms with Gasteiger partial charge in [0.2, 0.25) is 0 Å². The summed E-state index contributed by atoms with van der Waals surface area (Å²) in [5.41, 5.74) is 0. The fraction of sp³-hybridized carbons (Fsp3) is 0.667. The molecule has 0 spiro atoms. The van der Waals surface area contributed by atoms with E-state index in [2.05, 4.69) is 13.2 Å². The summed E-state index contributed by atoms with van der Waals surface area (Å²) in [6.45, 7) is 6.00. The molecule has 1 fully saturated rings. The van der Waals surface area contributed by atoms with Gasteiger partial charge in [-0.1, -0.05) is 25.7 Å². The minimum atomic E-state index is 1.50. The van der Waals surface area contributed by atoms with E-state index in [1.807, 2.05) is 0 Å². The van der Waals surface area contributed by atoms with Gasteiger partial charge in [0.05, 0.1) is 0 Å². The molecule has 1 aliphatic rings. The summed E-state index contributed by atoms with van der Waals surface area (Å²) in [4.78, 5) is 0. The second kappa shape index (κ2) is 4.74. The fourth-order valence-corrected chi connectivity index (χ4v) is 0.250. The zero-order valence-corrected chi connectivity index (χ0v) is 4.24. The molecule has 0 aromatic heterocycles. The second-order valence-corrected chi connectivity index (χ2v) is 1.41. The van der Waals surface area contributed by atoms with E-state index in [-0.39, 0.29) is 0 Å². The summed E-state index contributed by atoms with van der Waals surface area (Å²) in [6, 6.07) is 0. The Kier molecular flexibility index (Phi) is 4.53. The highest BCUT2D eigenvalue weighted by Crippen LogP contribution is 2.15. The van der Waals surface area contributed by atoms with Crippen molar-refractivity contribution in [3.63, 3.8) is 0 Å². The van der Waals surface area contributed by atoms with Crippen LogP contribution in [0.5, 0.6) is 0 Å². The zero-order valence-electron chi connectivity index (χ0n) is 4.24. The van der Waals surface area contributed by atoms with E-state index >= 15 is 0 Å². The minimum Gasteiger partial charge on any atom is -0.106 e. The molecule has 0 aromatic rings. The summed E-state index contributed by atoms with van der Waals surface area (Å²) in [7, 11) is 0. The van der Waals surface area contributed by atoms with Gasteiger partial charge in [-0.05, 0) is 0 Å². The van der Waals surface area contributed by atoms with Gasteiger partial charge in [0.25, 0.3) is 0 Å². The lowest BCUT2D eigenvalue weighted by atomic mass is 10.0. The SMILES string of the molecule is C1CCC1.C=C. The Morgan fingerprint density at radius 2 is 0.833 bits per heavy atom. The maximum absolute atomic E-state index is 3.00. The van der Waals surface area contributed by atoms with Gasteiger partial charge in [-0.3, -0.25) is 0 Å². The van der Waals surface area contributed by atoms with E-state index in [1.165, 1.54) is 25.7 Å². The second-order valence-electron chi connectivity index (χ2n) is 1.41. The molecule has 1 saturated carbocycles. The molecule has 0 N–H and O–H groups in total. The van der Waals surface area contributed by atoms with Crippen molar-refractivity contribution >= 4 is 0 Å². The van der Waals surface area contributed by atoms with Gasteiger partial charge in [-0.2, -0.15) is 0 Å². The molecule has 0 unspecified atom stereocenters. The first kappa shape index (κ1) is 5.74. The molecule has 6 heavy (non-hydrogen) atoms. The fourth-order valence-electron chi connectivity index (χ4n) is 0.250. The predicted molar refractivity (Wildman–Crippen MR) is 29.7 cm³/mol. The number of hydrogen-bond donors (Lipinski definition) is 0. The average molecular weight is 84.2 g/mol. The summed E-state index contributed by atoms with van der Waals surface area (Å²) in [6.07, 6.45) is 6.00. The standard InChI is InChI=1S/C4H8.C2H4/c1-2-4-3-1;1-2/h1-4H2;1-2H2. The molecule has 0 amide bonds. The Morgan fingerprint density at radius 3 is 0.833 bits per heavy atom. The van der Waals surface area contributed by atoms with Crippen LogP contribution < -0.4 is 0 Å². The molecule has 1 rings (SSSR count). The third-order valence-corrected chi connectivity index (χ3v) is 1.000. The highest BCUT2D eigenvalue weighted by atomic mass is 14.0. The Labute approximate surface area is 39.9 Å². The summed E-state index contributed by atoms with van der Waals surface area (Å²) < 4.78 is 0. The average Bonchev–Trinajstić information content (AvgIpc) is 1.36. The molecule has 0 atom stereocenters. The normalized spacial score (nSPS) is 16.7. The lowest BCUT2D eigenvalue weighted by Gasteiger charge is -2.05. The molecule has 36 valence electrons. The third kappa shape index (κ3) is 2.01. The molecular weight excluding hydrogens is 72.1 g/mol. The molecule has 0 radical (unpaired) electrons. The van der Waals surface area contributed by atoms with E-state index in [4.69, 9.17) is 0 Å². The van der Waals surface area contributed by atoms with Crippen molar-refractivity contribution in [1.29, 1.82) is 0 Å². The largest absolute Gasteiger partial charge is 0.106 e. The molecular formula is C6H12. The van der Waals surface area contributed by atoms with Crippen LogP contribution in [0.4, 0.5) is 0 Å². The van der Waals surface area contributed by atoms with Crippen LogP contribution in [0.25, 0.3) is 0 Å². The van der Waals surface area contributed by atoms with Gasteiger partial charge < -0.3 is 0 Å². The van der Waals surface area contributed by atoms with Crippen molar-refractivity contribution in [3.8, 4) is 0 Å². The number of rotatable bonds is 0. The topological polar surface area (TPSA) is 0 Å². The van der Waals surface area contributed by atoms with Gasteiger partial charge in [0.1, 0.15) is 0 Å². The van der Waals surface area contributed by atoms with Crippen LogP contribution in [0.3, 0.4) is 0 Å². The maximum atomic E-state index is 3.00. The van der Waals surface area contributed by atoms with Crippen LogP contribution in [0.15, 0.2) is 13.2 Å². The van der Waals surface area contributed by atoms with Crippen LogP contribution in [0.2, 0.25) is 0 Å². The summed E-state index contributed by atoms with van der Waals surface area (Å²) >= 11 is 0.